The lowest BCUT2D eigenvalue weighted by Gasteiger charge is -2.35. The summed E-state index contributed by atoms with van der Waals surface area (Å²) in [6.07, 6.45) is 4.59. The van der Waals surface area contributed by atoms with Gasteiger partial charge in [0.1, 0.15) is 18.9 Å². The van der Waals surface area contributed by atoms with Gasteiger partial charge >= 0.3 is 12.1 Å². The molecule has 322 valence electrons. The van der Waals surface area contributed by atoms with Crippen LogP contribution in [0.5, 0.6) is 0 Å². The van der Waals surface area contributed by atoms with E-state index in [1.165, 1.54) is 4.90 Å². The maximum absolute atomic E-state index is 14.0. The number of rotatable bonds is 14. The van der Waals surface area contributed by atoms with Crippen molar-refractivity contribution in [3.05, 3.63) is 74.3 Å². The van der Waals surface area contributed by atoms with E-state index in [4.69, 9.17) is 23.9 Å². The number of cyclic esters (lactones) is 1. The molecule has 17 nitrogen and oxygen atoms in total. The highest BCUT2D eigenvalue weighted by atomic mass is 16.7. The summed E-state index contributed by atoms with van der Waals surface area (Å²) in [5.74, 6) is -1.21. The van der Waals surface area contributed by atoms with Crippen molar-refractivity contribution in [2.45, 2.75) is 104 Å². The van der Waals surface area contributed by atoms with E-state index in [2.05, 4.69) is 28.6 Å². The maximum Gasteiger partial charge on any atom is 0.509 e. The molecule has 1 aromatic carbocycles. The topological polar surface area (TPSA) is 203 Å². The fourth-order valence-corrected chi connectivity index (χ4v) is 9.21. The number of aromatic nitrogens is 5. The lowest BCUT2D eigenvalue weighted by atomic mass is 9.81. The van der Waals surface area contributed by atoms with E-state index in [-0.39, 0.29) is 98.0 Å². The molecule has 8 rings (SSSR count). The van der Waals surface area contributed by atoms with Crippen molar-refractivity contribution >= 4 is 40.7 Å². The lowest BCUT2D eigenvalue weighted by Crippen LogP contribution is -2.47. The molecular weight excluding hydrogens is 787 g/mol. The SMILES string of the molecule is CCc1c2c(nc3ccc(C)cc13)-c1cc3c(c(=O)n1C2)COC(=O)[C@@]3(CC)OC(=O)OCCOCCn1cc(CNC(=O)C2CCC(CN3C(=O)CC(C)C3=O)CC2)nn1. The van der Waals surface area contributed by atoms with Crippen molar-refractivity contribution in [1.82, 2.24) is 34.8 Å². The van der Waals surface area contributed by atoms with Crippen LogP contribution in [-0.2, 0) is 76.4 Å². The number of aryl methyl sites for hydroxylation is 2. The molecule has 3 aliphatic heterocycles. The van der Waals surface area contributed by atoms with Crippen molar-refractivity contribution in [2.75, 3.05) is 26.4 Å². The fraction of sp³-hybridized carbons (Fsp3) is 0.523. The second-order valence-corrected chi connectivity index (χ2v) is 16.5. The number of ether oxygens (including phenoxy) is 4. The lowest BCUT2D eigenvalue weighted by molar-refractivity contribution is -0.175. The average Bonchev–Trinajstić information content (AvgIpc) is 3.93. The molecule has 4 aromatic rings. The van der Waals surface area contributed by atoms with Crippen molar-refractivity contribution in [1.29, 1.82) is 0 Å². The van der Waals surface area contributed by atoms with Crippen LogP contribution in [0.15, 0.2) is 35.3 Å². The van der Waals surface area contributed by atoms with E-state index in [0.717, 1.165) is 46.9 Å². The maximum atomic E-state index is 14.0. The van der Waals surface area contributed by atoms with Gasteiger partial charge in [-0.05, 0) is 75.1 Å². The summed E-state index contributed by atoms with van der Waals surface area (Å²) in [5, 5.41) is 12.2. The Kier molecular flexibility index (Phi) is 11.8. The third kappa shape index (κ3) is 8.02. The summed E-state index contributed by atoms with van der Waals surface area (Å²) in [5.41, 5.74) is 4.09. The Morgan fingerprint density at radius 1 is 1.02 bits per heavy atom. The normalized spacial score (nSPS) is 21.9. The van der Waals surface area contributed by atoms with Gasteiger partial charge in [-0.1, -0.05) is 37.6 Å². The van der Waals surface area contributed by atoms with Gasteiger partial charge in [0.05, 0.1) is 61.5 Å². The molecule has 2 atom stereocenters. The predicted molar refractivity (Wildman–Crippen MR) is 217 cm³/mol. The first-order chi connectivity index (χ1) is 29.4. The summed E-state index contributed by atoms with van der Waals surface area (Å²) in [7, 11) is 0. The molecule has 1 saturated heterocycles. The Morgan fingerprint density at radius 3 is 2.56 bits per heavy atom. The van der Waals surface area contributed by atoms with E-state index in [9.17, 15) is 28.8 Å². The summed E-state index contributed by atoms with van der Waals surface area (Å²) in [4.78, 5) is 84.2. The van der Waals surface area contributed by atoms with Crippen LogP contribution in [0.3, 0.4) is 0 Å². The van der Waals surface area contributed by atoms with Crippen LogP contribution in [0.25, 0.3) is 22.3 Å². The third-order valence-electron chi connectivity index (χ3n) is 12.6. The number of fused-ring (bicyclic) bond motifs is 5. The smallest absolute Gasteiger partial charge is 0.457 e. The van der Waals surface area contributed by atoms with Gasteiger partial charge in [0.2, 0.25) is 23.3 Å². The molecule has 0 bridgehead atoms. The van der Waals surface area contributed by atoms with Crippen LogP contribution >= 0.6 is 0 Å². The van der Waals surface area contributed by atoms with Gasteiger partial charge in [0, 0.05) is 41.3 Å². The molecule has 0 radical (unpaired) electrons. The van der Waals surface area contributed by atoms with Gasteiger partial charge in [-0.3, -0.25) is 24.1 Å². The van der Waals surface area contributed by atoms with Crippen LogP contribution in [0.2, 0.25) is 0 Å². The van der Waals surface area contributed by atoms with Crippen molar-refractivity contribution in [3.63, 3.8) is 0 Å². The molecule has 4 aliphatic rings. The first kappa shape index (κ1) is 41.8. The van der Waals surface area contributed by atoms with Crippen LogP contribution in [-0.4, -0.2) is 85.7 Å². The summed E-state index contributed by atoms with van der Waals surface area (Å²) < 4.78 is 25.4. The number of nitrogens with one attached hydrogen (secondary N) is 1. The number of imide groups is 1. The second kappa shape index (κ2) is 17.2. The van der Waals surface area contributed by atoms with E-state index in [0.29, 0.717) is 49.6 Å². The number of hydrogen-bond acceptors (Lipinski definition) is 13. The molecule has 1 N–H and O–H groups in total. The molecule has 2 fully saturated rings. The summed E-state index contributed by atoms with van der Waals surface area (Å²) >= 11 is 0. The Balaban J connectivity index is 0.801. The number of esters is 1. The Morgan fingerprint density at radius 2 is 1.82 bits per heavy atom. The third-order valence-corrected chi connectivity index (χ3v) is 12.6. The van der Waals surface area contributed by atoms with Crippen LogP contribution < -0.4 is 10.9 Å². The molecule has 3 aromatic heterocycles. The standard InChI is InChI=1S/C44H51N7O10/c1-5-30-31-17-25(3)7-12-35(31)46-38-32(30)23-50-36(38)19-34-33(41(50)55)24-60-42(56)44(34,6-2)61-43(57)59-16-15-58-14-13-49-22-29(47-48-49)20-45-39(53)28-10-8-27(9-11-28)21-51-37(52)18-26(4)40(51)54/h7,12,17,19,22,26-28H,5-6,8-11,13-16,18,20-21,23-24H2,1-4H3,(H,45,53)/t26?,27?,28?,44-/m0/s1. The van der Waals surface area contributed by atoms with Gasteiger partial charge in [-0.25, -0.2) is 19.3 Å². The Labute approximate surface area is 352 Å². The number of carbonyl (C=O) groups is 5. The van der Waals surface area contributed by atoms with E-state index in [1.807, 2.05) is 19.1 Å². The largest absolute Gasteiger partial charge is 0.509 e. The minimum atomic E-state index is -1.90. The van der Waals surface area contributed by atoms with Gasteiger partial charge in [0.25, 0.3) is 5.56 Å². The van der Waals surface area contributed by atoms with Crippen molar-refractivity contribution in [2.24, 2.45) is 17.8 Å². The zero-order chi connectivity index (χ0) is 43.0. The molecular formula is C44H51N7O10. The predicted octanol–water partition coefficient (Wildman–Crippen LogP) is 4.24. The van der Waals surface area contributed by atoms with E-state index >= 15 is 0 Å². The van der Waals surface area contributed by atoms with Gasteiger partial charge in [0.15, 0.2) is 0 Å². The van der Waals surface area contributed by atoms with Gasteiger partial charge < -0.3 is 28.8 Å². The van der Waals surface area contributed by atoms with Crippen molar-refractivity contribution in [3.8, 4) is 11.4 Å². The summed E-state index contributed by atoms with van der Waals surface area (Å²) in [6.45, 7) is 8.76. The zero-order valence-electron chi connectivity index (χ0n) is 35.0. The minimum absolute atomic E-state index is 0.00194. The number of benzene rings is 1. The van der Waals surface area contributed by atoms with E-state index in [1.54, 1.807) is 35.4 Å². The zero-order valence-corrected chi connectivity index (χ0v) is 35.0. The molecule has 1 saturated carbocycles. The summed E-state index contributed by atoms with van der Waals surface area (Å²) in [6, 6.07) is 7.81. The molecule has 6 heterocycles. The molecule has 17 heteroatoms. The van der Waals surface area contributed by atoms with Crippen LogP contribution in [0.4, 0.5) is 4.79 Å². The highest BCUT2D eigenvalue weighted by Gasteiger charge is 2.51. The minimum Gasteiger partial charge on any atom is -0.457 e. The molecule has 61 heavy (non-hydrogen) atoms. The number of likely N-dealkylation sites (tertiary alicyclic amines) is 1. The number of hydrogen-bond donors (Lipinski definition) is 1. The number of carbonyl (C=O) groups excluding carboxylic acids is 5. The molecule has 0 spiro atoms. The number of amides is 3. The Hall–Kier alpha value is -5.97. The number of nitrogens with zero attached hydrogens (tertiary/aromatic N) is 6. The second-order valence-electron chi connectivity index (χ2n) is 16.5. The number of pyridine rings is 2. The van der Waals surface area contributed by atoms with Crippen molar-refractivity contribution < 1.29 is 42.9 Å². The van der Waals surface area contributed by atoms with E-state index < -0.39 is 17.7 Å². The first-order valence-electron chi connectivity index (χ1n) is 21.2. The van der Waals surface area contributed by atoms with Gasteiger partial charge in [-0.15, -0.1) is 5.10 Å². The molecule has 3 amide bonds. The van der Waals surface area contributed by atoms with Crippen LogP contribution in [0.1, 0.15) is 92.8 Å². The monoisotopic (exact) mass is 837 g/mol. The van der Waals surface area contributed by atoms with Gasteiger partial charge in [-0.2, -0.15) is 0 Å². The fourth-order valence-electron chi connectivity index (χ4n) is 9.21. The molecule has 1 aliphatic carbocycles. The quantitative estimate of drug-likeness (QED) is 0.0947. The highest BCUT2D eigenvalue weighted by molar-refractivity contribution is 6.03. The molecule has 1 unspecified atom stereocenters. The Bertz CT molecular complexity index is 2470. The van der Waals surface area contributed by atoms with Crippen LogP contribution in [0, 0.1) is 24.7 Å². The highest BCUT2D eigenvalue weighted by Crippen LogP contribution is 2.42. The first-order valence-corrected chi connectivity index (χ1v) is 21.2. The average molecular weight is 838 g/mol.